The molecule has 0 saturated carbocycles. The van der Waals surface area contributed by atoms with Gasteiger partial charge < -0.3 is 5.32 Å². The molecule has 1 N–H and O–H groups in total. The molecule has 0 bridgehead atoms. The van der Waals surface area contributed by atoms with Crippen molar-refractivity contribution < 1.29 is 9.72 Å². The number of amides is 1. The van der Waals surface area contributed by atoms with Gasteiger partial charge in [0.2, 0.25) is 0 Å². The molecule has 20 heavy (non-hydrogen) atoms. The Kier molecular flexibility index (Phi) is 4.00. The Balaban J connectivity index is 2.23. The molecule has 0 saturated heterocycles. The largest absolute Gasteiger partial charge is 0.322 e. The van der Waals surface area contributed by atoms with E-state index >= 15 is 0 Å². The lowest BCUT2D eigenvalue weighted by molar-refractivity contribution is -0.384. The summed E-state index contributed by atoms with van der Waals surface area (Å²) in [5.41, 5.74) is 1.59. The van der Waals surface area contributed by atoms with Crippen LogP contribution in [0.3, 0.4) is 0 Å². The second-order valence-electron chi connectivity index (χ2n) is 4.24. The minimum atomic E-state index is -0.620. The van der Waals surface area contributed by atoms with E-state index in [1.54, 1.807) is 12.1 Å². The predicted octanol–water partition coefficient (Wildman–Crippen LogP) is 3.81. The average molecular weight is 291 g/mol. The van der Waals surface area contributed by atoms with E-state index in [0.29, 0.717) is 5.69 Å². The van der Waals surface area contributed by atoms with Crippen molar-refractivity contribution in [2.75, 3.05) is 5.32 Å². The van der Waals surface area contributed by atoms with Gasteiger partial charge in [-0.05, 0) is 31.2 Å². The summed E-state index contributed by atoms with van der Waals surface area (Å²) in [6.07, 6.45) is 0. The lowest BCUT2D eigenvalue weighted by Gasteiger charge is -2.06. The van der Waals surface area contributed by atoms with Gasteiger partial charge in [0.15, 0.2) is 0 Å². The van der Waals surface area contributed by atoms with Crippen molar-refractivity contribution in [2.45, 2.75) is 6.92 Å². The van der Waals surface area contributed by atoms with Crippen LogP contribution in [-0.2, 0) is 0 Å². The Hall–Kier alpha value is -2.40. The first kappa shape index (κ1) is 14.0. The summed E-state index contributed by atoms with van der Waals surface area (Å²) in [6, 6.07) is 11.2. The second kappa shape index (κ2) is 5.71. The molecule has 6 heteroatoms. The molecular weight excluding hydrogens is 280 g/mol. The van der Waals surface area contributed by atoms with Crippen molar-refractivity contribution in [3.63, 3.8) is 0 Å². The molecule has 0 atom stereocenters. The zero-order valence-corrected chi connectivity index (χ0v) is 11.3. The molecule has 2 rings (SSSR count). The highest BCUT2D eigenvalue weighted by Gasteiger charge is 2.16. The van der Waals surface area contributed by atoms with Crippen LogP contribution in [0.2, 0.25) is 5.02 Å². The van der Waals surface area contributed by atoms with Gasteiger partial charge in [0.05, 0.1) is 4.92 Å². The monoisotopic (exact) mass is 290 g/mol. The smallest absolute Gasteiger partial charge is 0.288 e. The molecule has 0 spiro atoms. The van der Waals surface area contributed by atoms with Crippen molar-refractivity contribution in [3.8, 4) is 0 Å². The van der Waals surface area contributed by atoms with Crippen LogP contribution in [0.4, 0.5) is 11.4 Å². The number of carbonyl (C=O) groups excluding carboxylic acids is 1. The number of aryl methyl sites for hydroxylation is 1. The fourth-order valence-corrected chi connectivity index (χ4v) is 1.82. The van der Waals surface area contributed by atoms with Gasteiger partial charge in [-0.2, -0.15) is 0 Å². The highest BCUT2D eigenvalue weighted by molar-refractivity contribution is 6.32. The van der Waals surface area contributed by atoms with E-state index in [4.69, 9.17) is 11.6 Å². The van der Waals surface area contributed by atoms with Crippen molar-refractivity contribution in [1.82, 2.24) is 0 Å². The summed E-state index contributed by atoms with van der Waals surface area (Å²) < 4.78 is 0. The van der Waals surface area contributed by atoms with Gasteiger partial charge in [0.25, 0.3) is 11.6 Å². The maximum atomic E-state index is 12.0. The average Bonchev–Trinajstić information content (AvgIpc) is 2.41. The molecule has 102 valence electrons. The highest BCUT2D eigenvalue weighted by Crippen LogP contribution is 2.25. The molecule has 2 aromatic carbocycles. The number of nitrogens with zero attached hydrogens (tertiary/aromatic N) is 1. The van der Waals surface area contributed by atoms with E-state index in [2.05, 4.69) is 5.32 Å². The van der Waals surface area contributed by atoms with Crippen molar-refractivity contribution in [2.24, 2.45) is 0 Å². The van der Waals surface area contributed by atoms with Gasteiger partial charge in [-0.3, -0.25) is 14.9 Å². The van der Waals surface area contributed by atoms with E-state index in [9.17, 15) is 14.9 Å². The minimum absolute atomic E-state index is 0.00175. The third-order valence-electron chi connectivity index (χ3n) is 2.71. The van der Waals surface area contributed by atoms with Crippen LogP contribution >= 0.6 is 11.6 Å². The van der Waals surface area contributed by atoms with Crippen LogP contribution in [0.25, 0.3) is 0 Å². The zero-order chi connectivity index (χ0) is 14.7. The number of anilines is 1. The van der Waals surface area contributed by atoms with E-state index < -0.39 is 10.8 Å². The molecule has 0 aliphatic rings. The number of carbonyl (C=O) groups is 1. The maximum absolute atomic E-state index is 12.0. The lowest BCUT2D eigenvalue weighted by atomic mass is 10.1. The maximum Gasteiger partial charge on any atom is 0.288 e. The molecule has 0 aromatic heterocycles. The molecule has 0 unspecified atom stereocenters. The van der Waals surface area contributed by atoms with E-state index in [1.807, 2.05) is 19.1 Å². The first-order chi connectivity index (χ1) is 9.47. The predicted molar refractivity (Wildman–Crippen MR) is 77.2 cm³/mol. The van der Waals surface area contributed by atoms with Crippen LogP contribution in [0.1, 0.15) is 15.9 Å². The van der Waals surface area contributed by atoms with Gasteiger partial charge >= 0.3 is 0 Å². The van der Waals surface area contributed by atoms with Gasteiger partial charge in [-0.25, -0.2) is 0 Å². The quantitative estimate of drug-likeness (QED) is 0.690. The first-order valence-corrected chi connectivity index (χ1v) is 6.17. The van der Waals surface area contributed by atoms with Gasteiger partial charge in [-0.15, -0.1) is 0 Å². The summed E-state index contributed by atoms with van der Waals surface area (Å²) >= 11 is 5.70. The lowest BCUT2D eigenvalue weighted by Crippen LogP contribution is -2.12. The number of hydrogen-bond donors (Lipinski definition) is 1. The van der Waals surface area contributed by atoms with Crippen LogP contribution in [0.5, 0.6) is 0 Å². The number of rotatable bonds is 3. The summed E-state index contributed by atoms with van der Waals surface area (Å²) in [5.74, 6) is -0.423. The van der Waals surface area contributed by atoms with Gasteiger partial charge in [0.1, 0.15) is 5.02 Å². The third-order valence-corrected chi connectivity index (χ3v) is 3.03. The van der Waals surface area contributed by atoms with Crippen molar-refractivity contribution in [3.05, 3.63) is 68.7 Å². The van der Waals surface area contributed by atoms with Gasteiger partial charge in [0, 0.05) is 17.3 Å². The zero-order valence-electron chi connectivity index (χ0n) is 10.6. The Morgan fingerprint density at radius 1 is 1.20 bits per heavy atom. The number of nitrogens with one attached hydrogen (secondary N) is 1. The third kappa shape index (κ3) is 3.13. The van der Waals surface area contributed by atoms with Crippen LogP contribution in [0, 0.1) is 17.0 Å². The summed E-state index contributed by atoms with van der Waals surface area (Å²) in [4.78, 5) is 22.2. The van der Waals surface area contributed by atoms with Crippen LogP contribution in [0.15, 0.2) is 42.5 Å². The van der Waals surface area contributed by atoms with Crippen LogP contribution < -0.4 is 5.32 Å². The van der Waals surface area contributed by atoms with E-state index in [-0.39, 0.29) is 16.3 Å². The SMILES string of the molecule is Cc1ccc(NC(=O)c2ccc(Cl)c([N+](=O)[O-])c2)cc1. The summed E-state index contributed by atoms with van der Waals surface area (Å²) in [7, 11) is 0. The first-order valence-electron chi connectivity index (χ1n) is 5.79. The molecule has 2 aromatic rings. The van der Waals surface area contributed by atoms with E-state index in [1.165, 1.54) is 12.1 Å². The molecule has 0 heterocycles. The molecule has 1 amide bonds. The standard InChI is InChI=1S/C14H11ClN2O3/c1-9-2-5-11(6-3-9)16-14(18)10-4-7-12(15)13(8-10)17(19)20/h2-8H,1H3,(H,16,18). The fraction of sp³-hybridized carbons (Fsp3) is 0.0714. The highest BCUT2D eigenvalue weighted by atomic mass is 35.5. The summed E-state index contributed by atoms with van der Waals surface area (Å²) in [5, 5.41) is 13.4. The molecule has 0 radical (unpaired) electrons. The number of benzene rings is 2. The van der Waals surface area contributed by atoms with Gasteiger partial charge in [-0.1, -0.05) is 29.3 Å². The fourth-order valence-electron chi connectivity index (χ4n) is 1.63. The second-order valence-corrected chi connectivity index (χ2v) is 4.65. The van der Waals surface area contributed by atoms with E-state index in [0.717, 1.165) is 11.6 Å². The number of halogens is 1. The normalized spacial score (nSPS) is 10.1. The Morgan fingerprint density at radius 2 is 1.85 bits per heavy atom. The minimum Gasteiger partial charge on any atom is -0.322 e. The number of nitro groups is 1. The topological polar surface area (TPSA) is 72.2 Å². The Morgan fingerprint density at radius 3 is 2.45 bits per heavy atom. The molecule has 0 aliphatic carbocycles. The number of nitro benzene ring substituents is 1. The molecular formula is C14H11ClN2O3. The Bertz CT molecular complexity index is 669. The summed E-state index contributed by atoms with van der Waals surface area (Å²) in [6.45, 7) is 1.94. The van der Waals surface area contributed by atoms with Crippen molar-refractivity contribution in [1.29, 1.82) is 0 Å². The van der Waals surface area contributed by atoms with Crippen molar-refractivity contribution >= 4 is 28.9 Å². The number of hydrogen-bond acceptors (Lipinski definition) is 3. The molecule has 5 nitrogen and oxygen atoms in total. The molecule has 0 aliphatic heterocycles. The molecule has 0 fully saturated rings. The van der Waals surface area contributed by atoms with Crippen LogP contribution in [-0.4, -0.2) is 10.8 Å². The Labute approximate surface area is 120 Å².